The summed E-state index contributed by atoms with van der Waals surface area (Å²) in [5, 5.41) is 6.02. The van der Waals surface area contributed by atoms with Crippen LogP contribution in [0.25, 0.3) is 10.7 Å². The molecule has 0 aliphatic rings. The molecule has 0 spiro atoms. The SMILES string of the molecule is CN(C)CCOc1cccc(Nc2nccc(-c3nccs3)n2)c1. The van der Waals surface area contributed by atoms with Gasteiger partial charge < -0.3 is 15.0 Å². The summed E-state index contributed by atoms with van der Waals surface area (Å²) < 4.78 is 5.75. The lowest BCUT2D eigenvalue weighted by atomic mass is 10.3. The minimum absolute atomic E-state index is 0.535. The smallest absolute Gasteiger partial charge is 0.227 e. The van der Waals surface area contributed by atoms with Crippen molar-refractivity contribution < 1.29 is 4.74 Å². The Morgan fingerprint density at radius 1 is 1.17 bits per heavy atom. The maximum Gasteiger partial charge on any atom is 0.227 e. The first-order chi connectivity index (χ1) is 11.7. The Hall–Kier alpha value is -2.51. The highest BCUT2D eigenvalue weighted by Crippen LogP contribution is 2.23. The predicted octanol–water partition coefficient (Wildman–Crippen LogP) is 3.28. The van der Waals surface area contributed by atoms with E-state index in [0.29, 0.717) is 12.6 Å². The number of likely N-dealkylation sites (N-methyl/N-ethyl adjacent to an activating group) is 1. The monoisotopic (exact) mass is 341 g/mol. The van der Waals surface area contributed by atoms with Crippen molar-refractivity contribution in [3.63, 3.8) is 0 Å². The molecule has 124 valence electrons. The number of ether oxygens (including phenoxy) is 1. The van der Waals surface area contributed by atoms with Crippen molar-refractivity contribution in [2.24, 2.45) is 0 Å². The van der Waals surface area contributed by atoms with E-state index in [-0.39, 0.29) is 0 Å². The standard InChI is InChI=1S/C17H19N5OS/c1-22(2)9-10-23-14-5-3-4-13(12-14)20-17-19-7-6-15(21-17)16-18-8-11-24-16/h3-8,11-12H,9-10H2,1-2H3,(H,19,20,21). The van der Waals surface area contributed by atoms with Crippen LogP contribution in [0.15, 0.2) is 48.1 Å². The number of thiazole rings is 1. The molecule has 1 aromatic carbocycles. The third-order valence-electron chi connectivity index (χ3n) is 3.20. The summed E-state index contributed by atoms with van der Waals surface area (Å²) in [6, 6.07) is 9.63. The highest BCUT2D eigenvalue weighted by molar-refractivity contribution is 7.13. The number of rotatable bonds is 7. The van der Waals surface area contributed by atoms with Crippen LogP contribution in [-0.4, -0.2) is 47.1 Å². The van der Waals surface area contributed by atoms with Gasteiger partial charge in [0.2, 0.25) is 5.95 Å². The number of benzene rings is 1. The largest absolute Gasteiger partial charge is 0.492 e. The van der Waals surface area contributed by atoms with E-state index < -0.39 is 0 Å². The van der Waals surface area contributed by atoms with E-state index in [1.807, 2.05) is 49.8 Å². The third kappa shape index (κ3) is 4.50. The van der Waals surface area contributed by atoms with E-state index in [1.54, 1.807) is 23.7 Å². The molecule has 0 aliphatic heterocycles. The van der Waals surface area contributed by atoms with E-state index in [0.717, 1.165) is 28.7 Å². The van der Waals surface area contributed by atoms with Gasteiger partial charge in [0.15, 0.2) is 0 Å². The molecule has 0 amide bonds. The van der Waals surface area contributed by atoms with Crippen molar-refractivity contribution in [1.29, 1.82) is 0 Å². The minimum atomic E-state index is 0.535. The summed E-state index contributed by atoms with van der Waals surface area (Å²) in [5.41, 5.74) is 1.69. The fourth-order valence-electron chi connectivity index (χ4n) is 2.03. The summed E-state index contributed by atoms with van der Waals surface area (Å²) in [6.07, 6.45) is 3.49. The first-order valence-corrected chi connectivity index (χ1v) is 8.46. The fraction of sp³-hybridized carbons (Fsp3) is 0.235. The molecule has 2 aromatic heterocycles. The molecular formula is C17H19N5OS. The van der Waals surface area contributed by atoms with E-state index in [1.165, 1.54) is 0 Å². The molecule has 0 unspecified atom stereocenters. The third-order valence-corrected chi connectivity index (χ3v) is 4.00. The average molecular weight is 341 g/mol. The molecule has 0 bridgehead atoms. The molecule has 24 heavy (non-hydrogen) atoms. The van der Waals surface area contributed by atoms with Crippen LogP contribution in [0.3, 0.4) is 0 Å². The van der Waals surface area contributed by atoms with E-state index in [4.69, 9.17) is 4.74 Å². The molecule has 0 saturated carbocycles. The number of anilines is 2. The van der Waals surface area contributed by atoms with Crippen LogP contribution in [0.2, 0.25) is 0 Å². The van der Waals surface area contributed by atoms with Crippen molar-refractivity contribution >= 4 is 23.0 Å². The van der Waals surface area contributed by atoms with E-state index in [9.17, 15) is 0 Å². The topological polar surface area (TPSA) is 63.2 Å². The van der Waals surface area contributed by atoms with Crippen molar-refractivity contribution in [2.75, 3.05) is 32.6 Å². The second-order valence-corrected chi connectivity index (χ2v) is 6.30. The van der Waals surface area contributed by atoms with Crippen LogP contribution in [0.4, 0.5) is 11.6 Å². The molecule has 1 N–H and O–H groups in total. The average Bonchev–Trinajstić information content (AvgIpc) is 3.10. The van der Waals surface area contributed by atoms with Crippen molar-refractivity contribution in [3.05, 3.63) is 48.1 Å². The second kappa shape index (κ2) is 7.85. The summed E-state index contributed by atoms with van der Waals surface area (Å²) in [5.74, 6) is 1.35. The molecule has 0 saturated heterocycles. The highest BCUT2D eigenvalue weighted by Gasteiger charge is 2.05. The van der Waals surface area contributed by atoms with Crippen LogP contribution in [0, 0.1) is 0 Å². The Morgan fingerprint density at radius 3 is 2.88 bits per heavy atom. The van der Waals surface area contributed by atoms with Gasteiger partial charge in [-0.1, -0.05) is 6.07 Å². The van der Waals surface area contributed by atoms with Crippen LogP contribution < -0.4 is 10.1 Å². The number of nitrogens with one attached hydrogen (secondary N) is 1. The molecule has 0 fully saturated rings. The summed E-state index contributed by atoms with van der Waals surface area (Å²) >= 11 is 1.55. The van der Waals surface area contributed by atoms with Crippen LogP contribution >= 0.6 is 11.3 Å². The van der Waals surface area contributed by atoms with E-state index in [2.05, 4.69) is 25.2 Å². The van der Waals surface area contributed by atoms with Gasteiger partial charge in [-0.3, -0.25) is 0 Å². The summed E-state index contributed by atoms with van der Waals surface area (Å²) in [4.78, 5) is 15.1. The molecule has 0 radical (unpaired) electrons. The van der Waals surface area contributed by atoms with Crippen LogP contribution in [-0.2, 0) is 0 Å². The normalized spacial score (nSPS) is 10.8. The number of hydrogen-bond donors (Lipinski definition) is 1. The van der Waals surface area contributed by atoms with E-state index >= 15 is 0 Å². The number of nitrogens with zero attached hydrogens (tertiary/aromatic N) is 4. The van der Waals surface area contributed by atoms with Gasteiger partial charge in [-0.25, -0.2) is 15.0 Å². The van der Waals surface area contributed by atoms with Gasteiger partial charge in [0.25, 0.3) is 0 Å². The Labute approximate surface area is 145 Å². The van der Waals surface area contributed by atoms with Crippen LogP contribution in [0.1, 0.15) is 0 Å². The summed E-state index contributed by atoms with van der Waals surface area (Å²) in [6.45, 7) is 1.52. The summed E-state index contributed by atoms with van der Waals surface area (Å²) in [7, 11) is 4.04. The van der Waals surface area contributed by atoms with Gasteiger partial charge in [0, 0.05) is 36.1 Å². The maximum absolute atomic E-state index is 5.75. The molecule has 2 heterocycles. The number of aromatic nitrogens is 3. The zero-order valence-corrected chi connectivity index (χ0v) is 14.5. The number of hydrogen-bond acceptors (Lipinski definition) is 7. The Kier molecular flexibility index (Phi) is 5.35. The fourth-order valence-corrected chi connectivity index (χ4v) is 2.63. The zero-order valence-electron chi connectivity index (χ0n) is 13.6. The molecular weight excluding hydrogens is 322 g/mol. The van der Waals surface area contributed by atoms with Crippen molar-refractivity contribution in [1.82, 2.24) is 19.9 Å². The van der Waals surface area contributed by atoms with Crippen molar-refractivity contribution in [3.8, 4) is 16.5 Å². The molecule has 3 aromatic rings. The molecule has 0 atom stereocenters. The lowest BCUT2D eigenvalue weighted by Gasteiger charge is -2.12. The van der Waals surface area contributed by atoms with Gasteiger partial charge >= 0.3 is 0 Å². The van der Waals surface area contributed by atoms with Gasteiger partial charge in [0.05, 0.1) is 0 Å². The molecule has 3 rings (SSSR count). The highest BCUT2D eigenvalue weighted by atomic mass is 32.1. The second-order valence-electron chi connectivity index (χ2n) is 5.41. The predicted molar refractivity (Wildman–Crippen MR) is 96.9 cm³/mol. The molecule has 0 aliphatic carbocycles. The lowest BCUT2D eigenvalue weighted by molar-refractivity contribution is 0.261. The Balaban J connectivity index is 1.69. The minimum Gasteiger partial charge on any atom is -0.492 e. The molecule has 7 heteroatoms. The quantitative estimate of drug-likeness (QED) is 0.711. The zero-order chi connectivity index (χ0) is 16.8. The van der Waals surface area contributed by atoms with Crippen molar-refractivity contribution in [2.45, 2.75) is 0 Å². The van der Waals surface area contributed by atoms with Gasteiger partial charge in [-0.2, -0.15) is 0 Å². The Morgan fingerprint density at radius 2 is 2.08 bits per heavy atom. The van der Waals surface area contributed by atoms with Gasteiger partial charge in [0.1, 0.15) is 23.1 Å². The Bertz CT molecular complexity index is 776. The molecule has 6 nitrogen and oxygen atoms in total. The maximum atomic E-state index is 5.75. The van der Waals surface area contributed by atoms with Crippen LogP contribution in [0.5, 0.6) is 5.75 Å². The first kappa shape index (κ1) is 16.4. The lowest BCUT2D eigenvalue weighted by Crippen LogP contribution is -2.19. The van der Waals surface area contributed by atoms with Gasteiger partial charge in [-0.05, 0) is 32.3 Å². The first-order valence-electron chi connectivity index (χ1n) is 7.58. The van der Waals surface area contributed by atoms with Gasteiger partial charge in [-0.15, -0.1) is 11.3 Å².